The van der Waals surface area contributed by atoms with E-state index in [9.17, 15) is 9.59 Å². The number of fused-ring (bicyclic) bond motifs is 1. The molecule has 3 aromatic rings. The van der Waals surface area contributed by atoms with Crippen molar-refractivity contribution in [2.24, 2.45) is 0 Å². The largest absolute Gasteiger partial charge is 0.462 e. The molecule has 0 aliphatic carbocycles. The lowest BCUT2D eigenvalue weighted by Gasteiger charge is -2.39. The third kappa shape index (κ3) is 3.48. The van der Waals surface area contributed by atoms with E-state index in [-0.39, 0.29) is 23.6 Å². The number of aryl methyl sites for hydroxylation is 1. The van der Waals surface area contributed by atoms with Gasteiger partial charge in [-0.3, -0.25) is 9.36 Å². The molecule has 0 bridgehead atoms. The van der Waals surface area contributed by atoms with Gasteiger partial charge in [0, 0.05) is 30.9 Å². The van der Waals surface area contributed by atoms with E-state index >= 15 is 0 Å². The number of carbonyl (C=O) groups is 1. The molecule has 1 saturated heterocycles. The lowest BCUT2D eigenvalue weighted by Crippen LogP contribution is -2.58. The quantitative estimate of drug-likeness (QED) is 0.466. The summed E-state index contributed by atoms with van der Waals surface area (Å²) in [5.41, 5.74) is 3.28. The summed E-state index contributed by atoms with van der Waals surface area (Å²) < 4.78 is 6.71. The first kappa shape index (κ1) is 19.4. The summed E-state index contributed by atoms with van der Waals surface area (Å²) in [5.74, 6) is -0.165. The Morgan fingerprint density at radius 3 is 2.83 bits per heavy atom. The molecule has 3 aromatic heterocycles. The smallest absolute Gasteiger partial charge is 0.343 e. The predicted octanol–water partition coefficient (Wildman–Crippen LogP) is 1.06. The molecule has 11 heteroatoms. The summed E-state index contributed by atoms with van der Waals surface area (Å²) in [5, 5.41) is 2.68. The third-order valence-corrected chi connectivity index (χ3v) is 5.36. The molecule has 1 aliphatic rings. The molecule has 0 radical (unpaired) electrons. The Labute approximate surface area is 170 Å². The first-order chi connectivity index (χ1) is 14.0. The first-order valence-electron chi connectivity index (χ1n) is 9.08. The van der Waals surface area contributed by atoms with Crippen molar-refractivity contribution in [1.82, 2.24) is 25.0 Å². The Hall–Kier alpha value is -2.89. The zero-order valence-corrected chi connectivity index (χ0v) is 17.0. The molecule has 0 spiro atoms. The summed E-state index contributed by atoms with van der Waals surface area (Å²) in [7, 11) is 1.58. The lowest BCUT2D eigenvalue weighted by molar-refractivity contribution is 0.0516. The maximum Gasteiger partial charge on any atom is 0.343 e. The topological polar surface area (TPSA) is 111 Å². The number of hydrogen-bond acceptors (Lipinski definition) is 10. The van der Waals surface area contributed by atoms with E-state index in [0.717, 1.165) is 0 Å². The molecule has 4 heterocycles. The summed E-state index contributed by atoms with van der Waals surface area (Å²) in [6.45, 7) is 4.97. The maximum atomic E-state index is 13.0. The minimum absolute atomic E-state index is 0.0673. The lowest BCUT2D eigenvalue weighted by atomic mass is 10.1. The number of carbonyl (C=O) groups excluding carboxylic acids is 1. The number of thiazole rings is 1. The summed E-state index contributed by atoms with van der Waals surface area (Å²) in [6, 6.07) is 0.187. The van der Waals surface area contributed by atoms with Gasteiger partial charge in [0.05, 0.1) is 30.8 Å². The van der Waals surface area contributed by atoms with Crippen molar-refractivity contribution >= 4 is 34.3 Å². The van der Waals surface area contributed by atoms with Crippen molar-refractivity contribution in [1.29, 1.82) is 0 Å². The van der Waals surface area contributed by atoms with Crippen LogP contribution < -0.4 is 15.8 Å². The minimum Gasteiger partial charge on any atom is -0.462 e. The van der Waals surface area contributed by atoms with Crippen LogP contribution >= 0.6 is 11.3 Å². The van der Waals surface area contributed by atoms with Crippen LogP contribution in [-0.2, 0) is 9.57 Å². The Bertz CT molecular complexity index is 1110. The highest BCUT2D eigenvalue weighted by Gasteiger charge is 2.30. The molecule has 1 aliphatic heterocycles. The number of ether oxygens (including phenoxy) is 1. The number of hydrogen-bond donors (Lipinski definition) is 1. The van der Waals surface area contributed by atoms with Gasteiger partial charge in [-0.05, 0) is 13.8 Å². The number of hydroxylamine groups is 1. The van der Waals surface area contributed by atoms with Crippen LogP contribution in [0.15, 0.2) is 22.6 Å². The SMILES string of the molecule is CCOC(=O)c1cn(-c2nccs2)c2nc(N3CC(NOC)C3)nc(C)c2c1=O. The van der Waals surface area contributed by atoms with E-state index in [0.29, 0.717) is 35.5 Å². The highest BCUT2D eigenvalue weighted by molar-refractivity contribution is 7.12. The van der Waals surface area contributed by atoms with Crippen LogP contribution in [0.1, 0.15) is 23.0 Å². The van der Waals surface area contributed by atoms with Gasteiger partial charge in [0.1, 0.15) is 5.56 Å². The van der Waals surface area contributed by atoms with Gasteiger partial charge in [0.2, 0.25) is 11.4 Å². The number of esters is 1. The van der Waals surface area contributed by atoms with Gasteiger partial charge in [0.25, 0.3) is 0 Å². The number of anilines is 1. The monoisotopic (exact) mass is 416 g/mol. The standard InChI is InChI=1S/C18H20N6O4S/c1-4-28-16(26)12-9-24(18-19-5-6-29-18)15-13(14(12)25)10(2)20-17(21-15)23-7-11(8-23)22-27-3/h5-6,9,11,22H,4,7-8H2,1-3H3. The normalized spacial score (nSPS) is 14.2. The van der Waals surface area contributed by atoms with E-state index in [2.05, 4.69) is 20.4 Å². The van der Waals surface area contributed by atoms with E-state index in [1.807, 2.05) is 10.3 Å². The van der Waals surface area contributed by atoms with Gasteiger partial charge in [0.15, 0.2) is 10.8 Å². The fourth-order valence-corrected chi connectivity index (χ4v) is 3.84. The first-order valence-corrected chi connectivity index (χ1v) is 9.95. The van der Waals surface area contributed by atoms with Gasteiger partial charge in [-0.2, -0.15) is 10.5 Å². The van der Waals surface area contributed by atoms with Gasteiger partial charge in [-0.1, -0.05) is 0 Å². The van der Waals surface area contributed by atoms with Crippen LogP contribution in [0.2, 0.25) is 0 Å². The molecule has 152 valence electrons. The molecular formula is C18H20N6O4S. The van der Waals surface area contributed by atoms with Crippen LogP contribution in [0.3, 0.4) is 0 Å². The molecule has 4 rings (SSSR count). The van der Waals surface area contributed by atoms with Crippen molar-refractivity contribution in [2.75, 3.05) is 31.7 Å². The van der Waals surface area contributed by atoms with Gasteiger partial charge in [-0.25, -0.2) is 14.8 Å². The number of pyridine rings is 1. The zero-order chi connectivity index (χ0) is 20.5. The number of nitrogens with one attached hydrogen (secondary N) is 1. The Morgan fingerprint density at radius 1 is 1.38 bits per heavy atom. The van der Waals surface area contributed by atoms with Crippen molar-refractivity contribution in [3.63, 3.8) is 0 Å². The van der Waals surface area contributed by atoms with Crippen LogP contribution in [0.5, 0.6) is 0 Å². The van der Waals surface area contributed by atoms with Crippen LogP contribution in [-0.4, -0.2) is 58.3 Å². The molecular weight excluding hydrogens is 396 g/mol. The second-order valence-corrected chi connectivity index (χ2v) is 7.38. The number of aromatic nitrogens is 4. The van der Waals surface area contributed by atoms with E-state index in [4.69, 9.17) is 9.57 Å². The average Bonchev–Trinajstić information content (AvgIpc) is 3.18. The highest BCUT2D eigenvalue weighted by atomic mass is 32.1. The number of rotatable bonds is 6. The number of nitrogens with zero attached hydrogens (tertiary/aromatic N) is 5. The van der Waals surface area contributed by atoms with E-state index in [1.54, 1.807) is 31.7 Å². The van der Waals surface area contributed by atoms with Crippen molar-refractivity contribution < 1.29 is 14.4 Å². The Kier molecular flexibility index (Phi) is 5.26. The second-order valence-electron chi connectivity index (χ2n) is 6.51. The maximum absolute atomic E-state index is 13.0. The Balaban J connectivity index is 1.88. The fourth-order valence-electron chi connectivity index (χ4n) is 3.23. The third-order valence-electron chi connectivity index (χ3n) is 4.59. The van der Waals surface area contributed by atoms with Gasteiger partial charge >= 0.3 is 5.97 Å². The predicted molar refractivity (Wildman–Crippen MR) is 108 cm³/mol. The van der Waals surface area contributed by atoms with Crippen LogP contribution in [0.25, 0.3) is 16.2 Å². The summed E-state index contributed by atoms with van der Waals surface area (Å²) >= 11 is 1.37. The van der Waals surface area contributed by atoms with Crippen molar-refractivity contribution in [3.05, 3.63) is 39.3 Å². The van der Waals surface area contributed by atoms with Crippen molar-refractivity contribution in [3.8, 4) is 5.13 Å². The van der Waals surface area contributed by atoms with E-state index in [1.165, 1.54) is 17.5 Å². The zero-order valence-electron chi connectivity index (χ0n) is 16.2. The summed E-state index contributed by atoms with van der Waals surface area (Å²) in [6.07, 6.45) is 3.10. The minimum atomic E-state index is -0.676. The second kappa shape index (κ2) is 7.85. The molecule has 1 N–H and O–H groups in total. The van der Waals surface area contributed by atoms with Gasteiger partial charge in [-0.15, -0.1) is 11.3 Å². The molecule has 0 unspecified atom stereocenters. The van der Waals surface area contributed by atoms with Gasteiger partial charge < -0.3 is 14.5 Å². The molecule has 0 saturated carbocycles. The fraction of sp³-hybridized carbons (Fsp3) is 0.389. The Morgan fingerprint density at radius 2 is 2.17 bits per heavy atom. The van der Waals surface area contributed by atoms with Crippen LogP contribution in [0, 0.1) is 6.92 Å². The molecule has 29 heavy (non-hydrogen) atoms. The van der Waals surface area contributed by atoms with Crippen molar-refractivity contribution in [2.45, 2.75) is 19.9 Å². The molecule has 1 fully saturated rings. The van der Waals surface area contributed by atoms with Crippen LogP contribution in [0.4, 0.5) is 5.95 Å². The molecule has 0 atom stereocenters. The molecule has 10 nitrogen and oxygen atoms in total. The van der Waals surface area contributed by atoms with E-state index < -0.39 is 11.4 Å². The highest BCUT2D eigenvalue weighted by Crippen LogP contribution is 2.24. The molecule has 0 amide bonds. The molecule has 0 aromatic carbocycles. The average molecular weight is 416 g/mol. The summed E-state index contributed by atoms with van der Waals surface area (Å²) in [4.78, 5) is 45.8.